The van der Waals surface area contributed by atoms with Gasteiger partial charge in [-0.05, 0) is 40.5 Å². The number of ether oxygens (including phenoxy) is 4. The number of hydrogen-bond acceptors (Lipinski definition) is 6. The van der Waals surface area contributed by atoms with E-state index in [1.54, 1.807) is 0 Å². The monoisotopic (exact) mass is 372 g/mol. The van der Waals surface area contributed by atoms with E-state index in [1.807, 2.05) is 13.8 Å². The first-order valence-electron chi connectivity index (χ1n) is 9.69. The van der Waals surface area contributed by atoms with Crippen LogP contribution in [0.3, 0.4) is 0 Å². The molecule has 0 aromatic heterocycles. The van der Waals surface area contributed by atoms with E-state index in [-0.39, 0.29) is 41.4 Å². The molecule has 2 aliphatic rings. The normalized spacial score (nSPS) is 29.0. The molecule has 2 rings (SSSR count). The molecule has 0 saturated carbocycles. The molecule has 0 bridgehead atoms. The van der Waals surface area contributed by atoms with Crippen LogP contribution in [0.5, 0.6) is 0 Å². The number of nitrogens with one attached hydrogen (secondary N) is 1. The van der Waals surface area contributed by atoms with Gasteiger partial charge >= 0.3 is 0 Å². The number of carbonyl (C=O) groups is 1. The highest BCUT2D eigenvalue weighted by molar-refractivity contribution is 5.76. The van der Waals surface area contributed by atoms with Gasteiger partial charge in [0.2, 0.25) is 5.91 Å². The van der Waals surface area contributed by atoms with E-state index in [0.717, 1.165) is 12.8 Å². The molecule has 7 heteroatoms. The molecule has 2 aliphatic heterocycles. The van der Waals surface area contributed by atoms with Crippen LogP contribution < -0.4 is 11.1 Å². The fraction of sp³-hybridized carbons (Fsp3) is 0.947. The molecule has 0 aromatic rings. The number of fused-ring (bicyclic) bond motifs is 1. The second-order valence-electron chi connectivity index (χ2n) is 8.50. The predicted molar refractivity (Wildman–Crippen MR) is 99.0 cm³/mol. The van der Waals surface area contributed by atoms with Gasteiger partial charge in [0, 0.05) is 6.42 Å². The minimum Gasteiger partial charge on any atom is -0.375 e. The van der Waals surface area contributed by atoms with E-state index in [2.05, 4.69) is 26.1 Å². The lowest BCUT2D eigenvalue weighted by Gasteiger charge is -2.29. The molecule has 7 nitrogen and oxygen atoms in total. The van der Waals surface area contributed by atoms with Crippen LogP contribution in [0.1, 0.15) is 53.9 Å². The fourth-order valence-corrected chi connectivity index (χ4v) is 3.10. The summed E-state index contributed by atoms with van der Waals surface area (Å²) in [6.07, 6.45) is 1.82. The van der Waals surface area contributed by atoms with Gasteiger partial charge in [-0.2, -0.15) is 0 Å². The Balaban J connectivity index is 1.63. The Hall–Kier alpha value is -0.730. The molecule has 2 saturated heterocycles. The number of hydrogen-bond donors (Lipinski definition) is 2. The summed E-state index contributed by atoms with van der Waals surface area (Å²) >= 11 is 0. The molecule has 0 aromatic carbocycles. The Morgan fingerprint density at radius 2 is 1.73 bits per heavy atom. The predicted octanol–water partition coefficient (Wildman–Crippen LogP) is 1.38. The van der Waals surface area contributed by atoms with Crippen LogP contribution in [0.15, 0.2) is 0 Å². The lowest BCUT2D eigenvalue weighted by molar-refractivity contribution is -0.125. The Bertz CT molecular complexity index is 469. The molecule has 4 atom stereocenters. The zero-order valence-electron chi connectivity index (χ0n) is 16.9. The first-order valence-corrected chi connectivity index (χ1v) is 9.69. The van der Waals surface area contributed by atoms with Crippen molar-refractivity contribution in [2.45, 2.75) is 89.4 Å². The zero-order chi connectivity index (χ0) is 19.4. The van der Waals surface area contributed by atoms with Gasteiger partial charge < -0.3 is 30.0 Å². The van der Waals surface area contributed by atoms with Gasteiger partial charge in [0.05, 0.1) is 49.7 Å². The molecular weight excluding hydrogens is 336 g/mol. The molecular formula is C19H36N2O5. The van der Waals surface area contributed by atoms with E-state index in [0.29, 0.717) is 32.8 Å². The van der Waals surface area contributed by atoms with Gasteiger partial charge in [-0.3, -0.25) is 4.79 Å². The van der Waals surface area contributed by atoms with Gasteiger partial charge in [-0.25, -0.2) is 0 Å². The van der Waals surface area contributed by atoms with Gasteiger partial charge in [0.25, 0.3) is 0 Å². The molecule has 152 valence electrons. The first-order chi connectivity index (χ1) is 12.1. The Labute approximate surface area is 157 Å². The molecule has 1 amide bonds. The minimum absolute atomic E-state index is 0.0533. The summed E-state index contributed by atoms with van der Waals surface area (Å²) in [4.78, 5) is 12.2. The number of nitrogens with two attached hydrogens (primary N) is 1. The maximum absolute atomic E-state index is 12.2. The Kier molecular flexibility index (Phi) is 7.44. The van der Waals surface area contributed by atoms with Crippen LogP contribution in [-0.2, 0) is 23.7 Å². The standard InChI is InChI=1S/C19H36N2O5/c1-6-18(2,3)26-10-8-19(4,5)25-9-7-15(22)21-14-12-24-16-13(20)11-23-17(14)16/h13-14,16-17H,6-12,20H2,1-5H3,(H,21,22)/t13-,14-,16+,17+/m0/s1. The summed E-state index contributed by atoms with van der Waals surface area (Å²) in [5.74, 6) is -0.0533. The molecule has 0 unspecified atom stereocenters. The Morgan fingerprint density at radius 3 is 2.42 bits per heavy atom. The van der Waals surface area contributed by atoms with Gasteiger partial charge in [-0.15, -0.1) is 0 Å². The van der Waals surface area contributed by atoms with Crippen molar-refractivity contribution < 1.29 is 23.7 Å². The molecule has 0 spiro atoms. The number of carbonyl (C=O) groups excluding carboxylic acids is 1. The third kappa shape index (κ3) is 6.16. The van der Waals surface area contributed by atoms with Crippen LogP contribution in [0.2, 0.25) is 0 Å². The molecule has 3 N–H and O–H groups in total. The van der Waals surface area contributed by atoms with Crippen molar-refractivity contribution in [3.8, 4) is 0 Å². The second-order valence-corrected chi connectivity index (χ2v) is 8.50. The maximum atomic E-state index is 12.2. The molecule has 0 radical (unpaired) electrons. The van der Waals surface area contributed by atoms with Crippen molar-refractivity contribution in [3.05, 3.63) is 0 Å². The summed E-state index contributed by atoms with van der Waals surface area (Å²) < 4.78 is 23.0. The van der Waals surface area contributed by atoms with Crippen molar-refractivity contribution in [1.29, 1.82) is 0 Å². The minimum atomic E-state index is -0.326. The van der Waals surface area contributed by atoms with Crippen LogP contribution in [0, 0.1) is 0 Å². The largest absolute Gasteiger partial charge is 0.375 e. The summed E-state index contributed by atoms with van der Waals surface area (Å²) in [6.45, 7) is 12.3. The van der Waals surface area contributed by atoms with Crippen LogP contribution in [0.4, 0.5) is 0 Å². The van der Waals surface area contributed by atoms with Crippen LogP contribution >= 0.6 is 0 Å². The van der Waals surface area contributed by atoms with Gasteiger partial charge in [0.1, 0.15) is 12.2 Å². The summed E-state index contributed by atoms with van der Waals surface area (Å²) in [5.41, 5.74) is 5.49. The molecule has 2 fully saturated rings. The lowest BCUT2D eigenvalue weighted by atomic mass is 10.0. The molecule has 26 heavy (non-hydrogen) atoms. The van der Waals surface area contributed by atoms with Crippen molar-refractivity contribution in [1.82, 2.24) is 5.32 Å². The fourth-order valence-electron chi connectivity index (χ4n) is 3.10. The summed E-state index contributed by atoms with van der Waals surface area (Å²) in [7, 11) is 0. The third-order valence-electron chi connectivity index (χ3n) is 5.31. The topological polar surface area (TPSA) is 92.0 Å². The third-order valence-corrected chi connectivity index (χ3v) is 5.31. The van der Waals surface area contributed by atoms with E-state index in [1.165, 1.54) is 0 Å². The van der Waals surface area contributed by atoms with E-state index in [9.17, 15) is 4.79 Å². The number of amides is 1. The highest BCUT2D eigenvalue weighted by atomic mass is 16.6. The second kappa shape index (κ2) is 8.97. The van der Waals surface area contributed by atoms with Crippen LogP contribution in [0.25, 0.3) is 0 Å². The highest BCUT2D eigenvalue weighted by Crippen LogP contribution is 2.26. The zero-order valence-corrected chi connectivity index (χ0v) is 16.9. The van der Waals surface area contributed by atoms with Crippen LogP contribution in [-0.4, -0.2) is 67.8 Å². The lowest BCUT2D eigenvalue weighted by Crippen LogP contribution is -2.45. The average Bonchev–Trinajstić information content (AvgIpc) is 3.11. The van der Waals surface area contributed by atoms with Crippen molar-refractivity contribution in [2.24, 2.45) is 5.73 Å². The van der Waals surface area contributed by atoms with E-state index < -0.39 is 0 Å². The van der Waals surface area contributed by atoms with Gasteiger partial charge in [-0.1, -0.05) is 6.92 Å². The van der Waals surface area contributed by atoms with E-state index in [4.69, 9.17) is 24.7 Å². The van der Waals surface area contributed by atoms with Crippen molar-refractivity contribution in [3.63, 3.8) is 0 Å². The first kappa shape index (κ1) is 21.6. The van der Waals surface area contributed by atoms with Crippen molar-refractivity contribution >= 4 is 5.91 Å². The number of rotatable bonds is 10. The average molecular weight is 373 g/mol. The SMILES string of the molecule is CCC(C)(C)OCCC(C)(C)OCCC(=O)N[C@H]1CO[C@H]2[C@@H]1OC[C@@H]2N. The quantitative estimate of drug-likeness (QED) is 0.602. The van der Waals surface area contributed by atoms with Gasteiger partial charge in [0.15, 0.2) is 0 Å². The summed E-state index contributed by atoms with van der Waals surface area (Å²) in [5, 5.41) is 2.98. The molecule has 2 heterocycles. The summed E-state index contributed by atoms with van der Waals surface area (Å²) in [6, 6.07) is -0.232. The highest BCUT2D eigenvalue weighted by Gasteiger charge is 2.46. The molecule has 0 aliphatic carbocycles. The van der Waals surface area contributed by atoms with Crippen molar-refractivity contribution in [2.75, 3.05) is 26.4 Å². The van der Waals surface area contributed by atoms with E-state index >= 15 is 0 Å². The Morgan fingerprint density at radius 1 is 1.08 bits per heavy atom. The maximum Gasteiger partial charge on any atom is 0.222 e. The smallest absolute Gasteiger partial charge is 0.222 e.